The first-order valence-electron chi connectivity index (χ1n) is 12.6. The van der Waals surface area contributed by atoms with Crippen molar-refractivity contribution in [2.24, 2.45) is 0 Å². The largest absolute Gasteiger partial charge is 0.372 e. The summed E-state index contributed by atoms with van der Waals surface area (Å²) in [7, 11) is 0. The average molecular weight is 509 g/mol. The lowest BCUT2D eigenvalue weighted by molar-refractivity contribution is -0.113. The number of nitrogens with one attached hydrogen (secondary N) is 2. The molecule has 1 aliphatic rings. The molecule has 0 unspecified atom stereocenters. The Kier molecular flexibility index (Phi) is 6.64. The number of benzene rings is 3. The van der Waals surface area contributed by atoms with Gasteiger partial charge in [-0.25, -0.2) is 0 Å². The molecule has 37 heavy (non-hydrogen) atoms. The fourth-order valence-electron chi connectivity index (χ4n) is 4.84. The summed E-state index contributed by atoms with van der Waals surface area (Å²) in [5, 5.41) is 13.8. The molecule has 0 radical (unpaired) electrons. The molecule has 3 heterocycles. The molecule has 2 aromatic heterocycles. The maximum Gasteiger partial charge on any atom is 0.234 e. The topological polar surface area (TPSA) is 78.8 Å². The van der Waals surface area contributed by atoms with Crippen molar-refractivity contribution < 1.29 is 4.79 Å². The average Bonchev–Trinajstić information content (AvgIpc) is 3.57. The lowest BCUT2D eigenvalue weighted by Gasteiger charge is -2.28. The van der Waals surface area contributed by atoms with Crippen molar-refractivity contribution >= 4 is 39.9 Å². The Bertz CT molecular complexity index is 1500. The number of hydrogen-bond donors (Lipinski definition) is 2. The van der Waals surface area contributed by atoms with E-state index in [1.807, 2.05) is 71.4 Å². The van der Waals surface area contributed by atoms with Crippen LogP contribution in [0.15, 0.2) is 90.2 Å². The standard InChI is InChI=1S/C29H28N6OS/c36-27(31-21-13-15-22(16-14-21)34-17-7-2-8-18-34)20-37-29-33-32-28(35(29)23-9-3-1-4-10-23)25-19-30-26-12-6-5-11-24(25)26/h1,3-6,9-16,19,30H,2,7-8,17-18,20H2,(H,31,36). The zero-order valence-corrected chi connectivity index (χ0v) is 21.2. The van der Waals surface area contributed by atoms with Crippen LogP contribution in [0.25, 0.3) is 28.0 Å². The summed E-state index contributed by atoms with van der Waals surface area (Å²) in [5.74, 6) is 0.888. The number of carbonyl (C=O) groups is 1. The number of para-hydroxylation sites is 2. The number of H-pyrrole nitrogens is 1. The smallest absolute Gasteiger partial charge is 0.234 e. The number of rotatable bonds is 7. The van der Waals surface area contributed by atoms with Crippen molar-refractivity contribution in [1.82, 2.24) is 19.7 Å². The quantitative estimate of drug-likeness (QED) is 0.258. The van der Waals surface area contributed by atoms with Gasteiger partial charge in [-0.3, -0.25) is 9.36 Å². The summed E-state index contributed by atoms with van der Waals surface area (Å²) in [6.07, 6.45) is 5.75. The fraction of sp³-hybridized carbons (Fsp3) is 0.207. The summed E-state index contributed by atoms with van der Waals surface area (Å²) < 4.78 is 2.01. The van der Waals surface area contributed by atoms with Gasteiger partial charge in [0.05, 0.1) is 5.75 Å². The van der Waals surface area contributed by atoms with E-state index in [4.69, 9.17) is 0 Å². The molecule has 1 amide bonds. The van der Waals surface area contributed by atoms with E-state index in [1.165, 1.54) is 36.7 Å². The highest BCUT2D eigenvalue weighted by atomic mass is 32.2. The second-order valence-electron chi connectivity index (χ2n) is 9.16. The van der Waals surface area contributed by atoms with E-state index in [2.05, 4.69) is 43.6 Å². The van der Waals surface area contributed by atoms with Crippen LogP contribution in [0.1, 0.15) is 19.3 Å². The van der Waals surface area contributed by atoms with Gasteiger partial charge < -0.3 is 15.2 Å². The highest BCUT2D eigenvalue weighted by molar-refractivity contribution is 7.99. The van der Waals surface area contributed by atoms with Crippen molar-refractivity contribution in [2.75, 3.05) is 29.1 Å². The minimum Gasteiger partial charge on any atom is -0.372 e. The van der Waals surface area contributed by atoms with Crippen LogP contribution >= 0.6 is 11.8 Å². The van der Waals surface area contributed by atoms with Gasteiger partial charge in [-0.05, 0) is 61.7 Å². The summed E-state index contributed by atoms with van der Waals surface area (Å²) in [6.45, 7) is 2.20. The highest BCUT2D eigenvalue weighted by Gasteiger charge is 2.20. The molecule has 3 aromatic carbocycles. The first-order valence-corrected chi connectivity index (χ1v) is 13.6. The van der Waals surface area contributed by atoms with Gasteiger partial charge in [-0.1, -0.05) is 48.2 Å². The number of fused-ring (bicyclic) bond motifs is 1. The summed E-state index contributed by atoms with van der Waals surface area (Å²) in [5.41, 5.74) is 4.98. The molecular weight excluding hydrogens is 480 g/mol. The van der Waals surface area contributed by atoms with Crippen LogP contribution in [0.3, 0.4) is 0 Å². The molecule has 6 rings (SSSR count). The summed E-state index contributed by atoms with van der Waals surface area (Å²) in [6, 6.07) is 26.3. The zero-order chi connectivity index (χ0) is 25.0. The highest BCUT2D eigenvalue weighted by Crippen LogP contribution is 2.32. The van der Waals surface area contributed by atoms with Gasteiger partial charge in [0.15, 0.2) is 11.0 Å². The van der Waals surface area contributed by atoms with Crippen molar-refractivity contribution in [3.8, 4) is 17.1 Å². The van der Waals surface area contributed by atoms with E-state index in [0.29, 0.717) is 5.16 Å². The maximum atomic E-state index is 12.8. The van der Waals surface area contributed by atoms with Gasteiger partial charge in [-0.15, -0.1) is 10.2 Å². The monoisotopic (exact) mass is 508 g/mol. The predicted molar refractivity (Wildman–Crippen MR) is 151 cm³/mol. The van der Waals surface area contributed by atoms with Gasteiger partial charge in [0.25, 0.3) is 0 Å². The molecule has 0 atom stereocenters. The normalized spacial score (nSPS) is 13.7. The van der Waals surface area contributed by atoms with Crippen molar-refractivity contribution in [2.45, 2.75) is 24.4 Å². The van der Waals surface area contributed by atoms with Crippen LogP contribution < -0.4 is 10.2 Å². The number of piperidine rings is 1. The van der Waals surface area contributed by atoms with E-state index in [-0.39, 0.29) is 11.7 Å². The Morgan fingerprint density at radius 1 is 0.865 bits per heavy atom. The lowest BCUT2D eigenvalue weighted by atomic mass is 10.1. The first-order chi connectivity index (χ1) is 18.3. The Labute approximate surface area is 219 Å². The van der Waals surface area contributed by atoms with Crippen LogP contribution in [0.4, 0.5) is 11.4 Å². The van der Waals surface area contributed by atoms with Gasteiger partial charge in [-0.2, -0.15) is 0 Å². The number of aromatic nitrogens is 4. The van der Waals surface area contributed by atoms with Crippen LogP contribution in [0.2, 0.25) is 0 Å². The Morgan fingerprint density at radius 3 is 2.43 bits per heavy atom. The lowest BCUT2D eigenvalue weighted by Crippen LogP contribution is -2.29. The molecule has 0 spiro atoms. The fourth-order valence-corrected chi connectivity index (χ4v) is 5.59. The minimum atomic E-state index is -0.0769. The Balaban J connectivity index is 1.20. The predicted octanol–water partition coefficient (Wildman–Crippen LogP) is 6.14. The number of amides is 1. The van der Waals surface area contributed by atoms with Crippen LogP contribution in [-0.2, 0) is 4.79 Å². The Hall–Kier alpha value is -4.04. The summed E-state index contributed by atoms with van der Waals surface area (Å²) in [4.78, 5) is 18.6. The molecule has 0 saturated carbocycles. The van der Waals surface area contributed by atoms with E-state index in [0.717, 1.165) is 46.8 Å². The van der Waals surface area contributed by atoms with E-state index < -0.39 is 0 Å². The van der Waals surface area contributed by atoms with Crippen molar-refractivity contribution in [1.29, 1.82) is 0 Å². The molecular formula is C29H28N6OS. The number of hydrogen-bond acceptors (Lipinski definition) is 5. The maximum absolute atomic E-state index is 12.8. The molecule has 0 bridgehead atoms. The van der Waals surface area contributed by atoms with Crippen LogP contribution in [0, 0.1) is 0 Å². The zero-order valence-electron chi connectivity index (χ0n) is 20.4. The van der Waals surface area contributed by atoms with E-state index >= 15 is 0 Å². The van der Waals surface area contributed by atoms with Crippen molar-refractivity contribution in [3.05, 3.63) is 85.1 Å². The molecule has 8 heteroatoms. The molecule has 2 N–H and O–H groups in total. The number of anilines is 2. The SMILES string of the molecule is O=C(CSc1nnc(-c2c[nH]c3ccccc23)n1-c1ccccc1)Nc1ccc(N2CCCCC2)cc1. The third-order valence-electron chi connectivity index (χ3n) is 6.68. The molecule has 1 fully saturated rings. The Morgan fingerprint density at radius 2 is 1.62 bits per heavy atom. The van der Waals surface area contributed by atoms with Gasteiger partial charge in [0.2, 0.25) is 5.91 Å². The van der Waals surface area contributed by atoms with Crippen LogP contribution in [-0.4, -0.2) is 44.5 Å². The van der Waals surface area contributed by atoms with Gasteiger partial charge >= 0.3 is 0 Å². The first kappa shape index (κ1) is 23.4. The van der Waals surface area contributed by atoms with Gasteiger partial charge in [0, 0.05) is 52.8 Å². The third-order valence-corrected chi connectivity index (χ3v) is 7.61. The van der Waals surface area contributed by atoms with Crippen LogP contribution in [0.5, 0.6) is 0 Å². The number of nitrogens with zero attached hydrogens (tertiary/aromatic N) is 4. The molecule has 1 aliphatic heterocycles. The number of carbonyl (C=O) groups excluding carboxylic acids is 1. The number of thioether (sulfide) groups is 1. The van der Waals surface area contributed by atoms with Crippen molar-refractivity contribution in [3.63, 3.8) is 0 Å². The molecule has 7 nitrogen and oxygen atoms in total. The minimum absolute atomic E-state index is 0.0769. The third kappa shape index (κ3) is 4.97. The molecule has 5 aromatic rings. The second kappa shape index (κ2) is 10.5. The van der Waals surface area contributed by atoms with E-state index in [9.17, 15) is 4.79 Å². The molecule has 1 saturated heterocycles. The number of aromatic amines is 1. The molecule has 186 valence electrons. The van der Waals surface area contributed by atoms with Gasteiger partial charge in [0.1, 0.15) is 0 Å². The molecule has 0 aliphatic carbocycles. The summed E-state index contributed by atoms with van der Waals surface area (Å²) >= 11 is 1.38. The van der Waals surface area contributed by atoms with E-state index in [1.54, 1.807) is 0 Å². The second-order valence-corrected chi connectivity index (χ2v) is 10.1.